The van der Waals surface area contributed by atoms with Crippen molar-refractivity contribution in [2.75, 3.05) is 0 Å². The number of benzene rings is 3. The lowest BCUT2D eigenvalue weighted by molar-refractivity contribution is 0.474. The first-order valence-corrected chi connectivity index (χ1v) is 10.1. The van der Waals surface area contributed by atoms with Crippen LogP contribution in [0.25, 0.3) is 11.1 Å². The lowest BCUT2D eigenvalue weighted by Gasteiger charge is -2.14. The zero-order valence-corrected chi connectivity index (χ0v) is 17.9. The molecule has 0 aliphatic rings. The summed E-state index contributed by atoms with van der Waals surface area (Å²) in [5, 5.41) is 28.5. The van der Waals surface area contributed by atoms with E-state index in [1.807, 2.05) is 24.3 Å². The van der Waals surface area contributed by atoms with Crippen LogP contribution in [0.2, 0.25) is 10.0 Å². The van der Waals surface area contributed by atoms with Crippen molar-refractivity contribution >= 4 is 34.3 Å². The van der Waals surface area contributed by atoms with E-state index in [1.165, 1.54) is 23.3 Å². The minimum absolute atomic E-state index is 0.0565. The largest absolute Gasteiger partial charge is 0.508 e. The predicted octanol–water partition coefficient (Wildman–Crippen LogP) is 7.53. The Morgan fingerprint density at radius 3 is 1.38 bits per heavy atom. The first kappa shape index (κ1) is 22.7. The highest BCUT2D eigenvalue weighted by molar-refractivity contribution is 6.35. The van der Waals surface area contributed by atoms with Crippen LogP contribution in [0.3, 0.4) is 0 Å². The monoisotopic (exact) mass is 430 g/mol. The van der Waals surface area contributed by atoms with Gasteiger partial charge in [-0.25, -0.2) is 0 Å². The smallest absolute Gasteiger partial charge is 0.134 e. The molecule has 0 aromatic heterocycles. The third-order valence-electron chi connectivity index (χ3n) is 4.41. The average molecular weight is 431 g/mol. The molecular weight excluding hydrogens is 407 g/mol. The van der Waals surface area contributed by atoms with E-state index in [2.05, 4.69) is 13.8 Å². The maximum atomic E-state index is 9.41. The summed E-state index contributed by atoms with van der Waals surface area (Å²) in [6.07, 6.45) is 1.85. The van der Waals surface area contributed by atoms with E-state index in [1.54, 1.807) is 30.3 Å². The number of aromatic hydroxyl groups is 3. The molecule has 3 aromatic carbocycles. The molecule has 0 saturated carbocycles. The molecule has 5 heteroatoms. The highest BCUT2D eigenvalue weighted by Gasteiger charge is 2.09. The van der Waals surface area contributed by atoms with Gasteiger partial charge in [0, 0.05) is 5.02 Å². The van der Waals surface area contributed by atoms with E-state index in [0.29, 0.717) is 5.02 Å². The number of phenols is 3. The Kier molecular flexibility index (Phi) is 8.44. The van der Waals surface area contributed by atoms with Crippen LogP contribution in [-0.4, -0.2) is 15.3 Å². The molecule has 0 heterocycles. The van der Waals surface area contributed by atoms with Gasteiger partial charge in [-0.1, -0.05) is 61.3 Å². The number of hydrogen-bond acceptors (Lipinski definition) is 3. The topological polar surface area (TPSA) is 60.7 Å². The lowest BCUT2D eigenvalue weighted by atomic mass is 9.91. The van der Waals surface area contributed by atoms with Crippen molar-refractivity contribution in [3.05, 3.63) is 87.9 Å². The van der Waals surface area contributed by atoms with Crippen LogP contribution in [0.5, 0.6) is 17.2 Å². The molecule has 0 unspecified atom stereocenters. The van der Waals surface area contributed by atoms with Gasteiger partial charge in [-0.15, -0.1) is 0 Å². The van der Waals surface area contributed by atoms with E-state index < -0.39 is 0 Å². The molecule has 3 N–H and O–H groups in total. The van der Waals surface area contributed by atoms with E-state index in [9.17, 15) is 10.2 Å². The van der Waals surface area contributed by atoms with Crippen molar-refractivity contribution in [2.45, 2.75) is 26.7 Å². The van der Waals surface area contributed by atoms with Crippen LogP contribution >= 0.6 is 23.2 Å². The molecule has 0 bridgehead atoms. The molecule has 0 aliphatic heterocycles. The molecule has 0 spiro atoms. The first-order valence-electron chi connectivity index (χ1n) is 9.30. The Bertz CT molecular complexity index is 907. The Labute approximate surface area is 181 Å². The Morgan fingerprint density at radius 1 is 0.655 bits per heavy atom. The van der Waals surface area contributed by atoms with Crippen molar-refractivity contribution in [1.82, 2.24) is 0 Å². The Balaban J connectivity index is 0.000000278. The lowest BCUT2D eigenvalue weighted by Crippen LogP contribution is -1.91. The maximum absolute atomic E-state index is 9.41. The fourth-order valence-electron chi connectivity index (χ4n) is 2.99. The van der Waals surface area contributed by atoms with Gasteiger partial charge in [-0.05, 0) is 77.6 Å². The van der Waals surface area contributed by atoms with Crippen molar-refractivity contribution < 1.29 is 15.3 Å². The SMILES string of the molecule is CC/C(=C(/CC)c1ccc(O)cc1)c1ccc(O)cc1.Oc1ccc(Cl)cc1Cl. The van der Waals surface area contributed by atoms with Crippen molar-refractivity contribution in [1.29, 1.82) is 0 Å². The number of allylic oxidation sites excluding steroid dienone is 2. The maximum Gasteiger partial charge on any atom is 0.134 e. The second-order valence-electron chi connectivity index (χ2n) is 6.35. The van der Waals surface area contributed by atoms with Crippen LogP contribution in [0.15, 0.2) is 66.7 Å². The van der Waals surface area contributed by atoms with Gasteiger partial charge in [0.2, 0.25) is 0 Å². The van der Waals surface area contributed by atoms with Gasteiger partial charge in [-0.3, -0.25) is 0 Å². The van der Waals surface area contributed by atoms with Gasteiger partial charge in [0.05, 0.1) is 5.02 Å². The van der Waals surface area contributed by atoms with Crippen LogP contribution in [-0.2, 0) is 0 Å². The van der Waals surface area contributed by atoms with E-state index in [-0.39, 0.29) is 22.3 Å². The van der Waals surface area contributed by atoms with Crippen LogP contribution in [0.1, 0.15) is 37.8 Å². The standard InChI is InChI=1S/C18H20O2.C6H4Cl2O/c1-3-17(13-5-9-15(19)10-6-13)18(4-2)14-7-11-16(20)12-8-14;7-4-1-2-6(9)5(8)3-4/h5-12,19-20H,3-4H2,1-2H3;1-3,9H/b18-17+;. The minimum Gasteiger partial charge on any atom is -0.508 e. The molecule has 0 amide bonds. The summed E-state index contributed by atoms with van der Waals surface area (Å²) < 4.78 is 0. The quantitative estimate of drug-likeness (QED) is 0.374. The normalized spacial score (nSPS) is 11.3. The van der Waals surface area contributed by atoms with Gasteiger partial charge >= 0.3 is 0 Å². The van der Waals surface area contributed by atoms with Crippen LogP contribution in [0.4, 0.5) is 0 Å². The zero-order chi connectivity index (χ0) is 21.4. The van der Waals surface area contributed by atoms with Gasteiger partial charge < -0.3 is 15.3 Å². The molecule has 3 nitrogen and oxygen atoms in total. The predicted molar refractivity (Wildman–Crippen MR) is 122 cm³/mol. The van der Waals surface area contributed by atoms with Crippen molar-refractivity contribution in [3.8, 4) is 17.2 Å². The van der Waals surface area contributed by atoms with Crippen LogP contribution in [0, 0.1) is 0 Å². The molecule has 3 aromatic rings. The second kappa shape index (κ2) is 10.8. The van der Waals surface area contributed by atoms with E-state index >= 15 is 0 Å². The molecule has 3 rings (SSSR count). The van der Waals surface area contributed by atoms with Crippen molar-refractivity contribution in [2.24, 2.45) is 0 Å². The average Bonchev–Trinajstić information content (AvgIpc) is 2.71. The number of hydrogen-bond donors (Lipinski definition) is 3. The Morgan fingerprint density at radius 2 is 1.07 bits per heavy atom. The zero-order valence-electron chi connectivity index (χ0n) is 16.4. The van der Waals surface area contributed by atoms with Crippen molar-refractivity contribution in [3.63, 3.8) is 0 Å². The summed E-state index contributed by atoms with van der Waals surface area (Å²) in [4.78, 5) is 0. The third kappa shape index (κ3) is 6.45. The fourth-order valence-corrected chi connectivity index (χ4v) is 3.40. The summed E-state index contributed by atoms with van der Waals surface area (Å²) in [5.74, 6) is 0.625. The van der Waals surface area contributed by atoms with E-state index in [4.69, 9.17) is 28.3 Å². The fraction of sp³-hybridized carbons (Fsp3) is 0.167. The van der Waals surface area contributed by atoms with E-state index in [0.717, 1.165) is 24.0 Å². The molecule has 0 radical (unpaired) electrons. The molecule has 0 atom stereocenters. The Hall–Kier alpha value is -2.62. The molecule has 152 valence electrons. The molecular formula is C24H24Cl2O3. The first-order chi connectivity index (χ1) is 13.8. The molecule has 29 heavy (non-hydrogen) atoms. The number of rotatable bonds is 4. The van der Waals surface area contributed by atoms with Gasteiger partial charge in [0.25, 0.3) is 0 Å². The molecule has 0 fully saturated rings. The summed E-state index contributed by atoms with van der Waals surface area (Å²) in [6.45, 7) is 4.27. The summed E-state index contributed by atoms with van der Waals surface area (Å²) >= 11 is 11.0. The third-order valence-corrected chi connectivity index (χ3v) is 4.95. The molecule has 0 aliphatic carbocycles. The number of halogens is 2. The summed E-state index contributed by atoms with van der Waals surface area (Å²) in [5.41, 5.74) is 4.82. The van der Waals surface area contributed by atoms with Gasteiger partial charge in [0.15, 0.2) is 0 Å². The minimum atomic E-state index is 0.0565. The van der Waals surface area contributed by atoms with Crippen LogP contribution < -0.4 is 0 Å². The van der Waals surface area contributed by atoms with Gasteiger partial charge in [0.1, 0.15) is 17.2 Å². The number of phenolic OH excluding ortho intramolecular Hbond substituents is 3. The van der Waals surface area contributed by atoms with Gasteiger partial charge in [-0.2, -0.15) is 0 Å². The molecule has 0 saturated heterocycles. The summed E-state index contributed by atoms with van der Waals surface area (Å²) in [7, 11) is 0. The summed E-state index contributed by atoms with van der Waals surface area (Å²) in [6, 6.07) is 19.2. The second-order valence-corrected chi connectivity index (χ2v) is 7.20. The highest BCUT2D eigenvalue weighted by atomic mass is 35.5. The highest BCUT2D eigenvalue weighted by Crippen LogP contribution is 2.32.